The summed E-state index contributed by atoms with van der Waals surface area (Å²) in [6.07, 6.45) is 18.3. The molecule has 0 aromatic heterocycles. The molecule has 0 saturated carbocycles. The van der Waals surface area contributed by atoms with Crippen LogP contribution in [0.5, 0.6) is 0 Å². The van der Waals surface area contributed by atoms with Crippen molar-refractivity contribution in [1.82, 2.24) is 0 Å². The van der Waals surface area contributed by atoms with Crippen molar-refractivity contribution in [2.24, 2.45) is 0 Å². The van der Waals surface area contributed by atoms with E-state index in [9.17, 15) is 0 Å². The molecular formula is C29H40N2Ti. The van der Waals surface area contributed by atoms with E-state index >= 15 is 0 Å². The van der Waals surface area contributed by atoms with Crippen LogP contribution in [-0.4, -0.2) is 28.2 Å². The molecule has 3 rings (SSSR count). The molecule has 2 aromatic carbocycles. The fraction of sp³-hybridized carbons (Fsp3) is 0.276. The molecule has 2 nitrogen and oxygen atoms in total. The summed E-state index contributed by atoms with van der Waals surface area (Å²) in [4.78, 5) is 0. The molecule has 0 N–H and O–H groups in total. The van der Waals surface area contributed by atoms with Crippen molar-refractivity contribution in [2.75, 3.05) is 28.2 Å². The van der Waals surface area contributed by atoms with E-state index in [-0.39, 0.29) is 21.7 Å². The second-order valence-corrected chi connectivity index (χ2v) is 6.94. The van der Waals surface area contributed by atoms with Crippen LogP contribution in [0.4, 0.5) is 0 Å². The first-order chi connectivity index (χ1) is 15.0. The van der Waals surface area contributed by atoms with Crippen LogP contribution < -0.4 is 0 Å². The van der Waals surface area contributed by atoms with E-state index in [1.165, 1.54) is 17.0 Å². The van der Waals surface area contributed by atoms with Crippen molar-refractivity contribution in [3.8, 4) is 0 Å². The van der Waals surface area contributed by atoms with E-state index in [2.05, 4.69) is 92.1 Å². The summed E-state index contributed by atoms with van der Waals surface area (Å²) in [6, 6.07) is 20.6. The molecule has 0 amide bonds. The second kappa shape index (κ2) is 29.0. The number of hydrogen-bond donors (Lipinski definition) is 0. The van der Waals surface area contributed by atoms with Crippen molar-refractivity contribution in [3.05, 3.63) is 125 Å². The average Bonchev–Trinajstić information content (AvgIpc) is 3.34. The number of benzene rings is 2. The Bertz CT molecular complexity index is 640. The Hall–Kier alpha value is -1.97. The van der Waals surface area contributed by atoms with Gasteiger partial charge in [0.15, 0.2) is 0 Å². The molecule has 32 heavy (non-hydrogen) atoms. The Morgan fingerprint density at radius 1 is 0.719 bits per heavy atom. The molecule has 0 atom stereocenters. The zero-order valence-electron chi connectivity index (χ0n) is 20.9. The van der Waals surface area contributed by atoms with E-state index in [0.717, 1.165) is 6.42 Å². The Morgan fingerprint density at radius 2 is 1.06 bits per heavy atom. The SMILES string of the molecule is C(C=Cc1ccccc1)=Cc1ccccc1.C[C-](C)C.C[N-]C.C[N-]C.[C-]1=CC=CC1.[Ti+4]. The first-order valence-corrected chi connectivity index (χ1v) is 10.4. The third kappa shape index (κ3) is 30.2. The van der Waals surface area contributed by atoms with Gasteiger partial charge >= 0.3 is 21.7 Å². The molecule has 0 spiro atoms. The molecule has 0 unspecified atom stereocenters. The molecule has 170 valence electrons. The minimum atomic E-state index is 0. The van der Waals surface area contributed by atoms with E-state index in [4.69, 9.17) is 0 Å². The maximum Gasteiger partial charge on any atom is 4.00 e. The van der Waals surface area contributed by atoms with Crippen LogP contribution in [-0.2, 0) is 21.7 Å². The topological polar surface area (TPSA) is 28.2 Å². The van der Waals surface area contributed by atoms with Crippen molar-refractivity contribution >= 4 is 12.2 Å². The quantitative estimate of drug-likeness (QED) is 0.247. The summed E-state index contributed by atoms with van der Waals surface area (Å²) >= 11 is 0. The first-order valence-electron chi connectivity index (χ1n) is 10.4. The van der Waals surface area contributed by atoms with Crippen LogP contribution in [0.1, 0.15) is 38.3 Å². The molecule has 2 aromatic rings. The van der Waals surface area contributed by atoms with Crippen LogP contribution in [0.2, 0.25) is 0 Å². The van der Waals surface area contributed by atoms with E-state index in [1.807, 2.05) is 48.6 Å². The summed E-state index contributed by atoms with van der Waals surface area (Å²) in [5, 5.41) is 7.00. The zero-order valence-corrected chi connectivity index (χ0v) is 22.5. The van der Waals surface area contributed by atoms with Gasteiger partial charge in [-0.05, 0) is 11.1 Å². The monoisotopic (exact) mass is 464 g/mol. The van der Waals surface area contributed by atoms with Gasteiger partial charge in [-0.1, -0.05) is 85.0 Å². The molecule has 0 bridgehead atoms. The summed E-state index contributed by atoms with van der Waals surface area (Å²) in [5.41, 5.74) is 2.44. The third-order valence-electron chi connectivity index (χ3n) is 2.87. The molecule has 1 aliphatic carbocycles. The second-order valence-electron chi connectivity index (χ2n) is 6.94. The average molecular weight is 465 g/mol. The summed E-state index contributed by atoms with van der Waals surface area (Å²) < 4.78 is 0. The zero-order chi connectivity index (χ0) is 23.6. The first kappa shape index (κ1) is 34.6. The summed E-state index contributed by atoms with van der Waals surface area (Å²) in [6.45, 7) is 6.25. The van der Waals surface area contributed by atoms with Crippen LogP contribution in [0.3, 0.4) is 0 Å². The van der Waals surface area contributed by atoms with Crippen molar-refractivity contribution in [3.63, 3.8) is 0 Å². The number of nitrogens with zero attached hydrogens (tertiary/aromatic N) is 2. The van der Waals surface area contributed by atoms with E-state index in [1.54, 1.807) is 28.2 Å². The molecule has 0 heterocycles. The Morgan fingerprint density at radius 3 is 1.28 bits per heavy atom. The predicted octanol–water partition coefficient (Wildman–Crippen LogP) is 8.58. The maximum absolute atomic E-state index is 3.50. The third-order valence-corrected chi connectivity index (χ3v) is 2.87. The van der Waals surface area contributed by atoms with Gasteiger partial charge in [-0.3, -0.25) is 6.08 Å². The summed E-state index contributed by atoms with van der Waals surface area (Å²) in [7, 11) is 7.00. The minimum absolute atomic E-state index is 0. The number of allylic oxidation sites excluding steroid dienone is 6. The molecule has 0 saturated heterocycles. The van der Waals surface area contributed by atoms with Crippen LogP contribution in [0.25, 0.3) is 22.8 Å². The van der Waals surface area contributed by atoms with Crippen LogP contribution in [0.15, 0.2) is 91.0 Å². The van der Waals surface area contributed by atoms with E-state index < -0.39 is 0 Å². The smallest absolute Gasteiger partial charge is 0.668 e. The Kier molecular flexibility index (Phi) is 31.4. The van der Waals surface area contributed by atoms with Gasteiger partial charge in [0.05, 0.1) is 0 Å². The van der Waals surface area contributed by atoms with Gasteiger partial charge < -0.3 is 16.6 Å². The van der Waals surface area contributed by atoms with Gasteiger partial charge in [0.2, 0.25) is 0 Å². The standard InChI is InChI=1S/C16H14.C5H5.C4H9.2C2H6N.Ti/c1-3-9-15(10-4-1)13-7-8-14-16-11-5-2-6-12-16;1-2-4-5-3-1;1-4(2)3;2*1-3-2;/h1-14H;1-3H,4H2;1-3H3;2*1-2H3;/q;4*-1;+4. The number of hydrogen-bond acceptors (Lipinski definition) is 0. The van der Waals surface area contributed by atoms with Crippen LogP contribution in [0, 0.1) is 12.0 Å². The molecule has 0 fully saturated rings. The predicted molar refractivity (Wildman–Crippen MR) is 143 cm³/mol. The minimum Gasteiger partial charge on any atom is -0.668 e. The fourth-order valence-electron chi connectivity index (χ4n) is 1.80. The van der Waals surface area contributed by atoms with Crippen molar-refractivity contribution in [1.29, 1.82) is 0 Å². The number of rotatable bonds is 3. The van der Waals surface area contributed by atoms with Gasteiger partial charge in [-0.15, -0.1) is 6.42 Å². The van der Waals surface area contributed by atoms with Crippen molar-refractivity contribution in [2.45, 2.75) is 27.2 Å². The van der Waals surface area contributed by atoms with Gasteiger partial charge in [0.25, 0.3) is 0 Å². The van der Waals surface area contributed by atoms with Crippen LogP contribution >= 0.6 is 0 Å². The molecule has 0 aliphatic heterocycles. The van der Waals surface area contributed by atoms with Gasteiger partial charge in [-0.25, -0.2) is 12.2 Å². The molecular weight excluding hydrogens is 424 g/mol. The molecule has 0 radical (unpaired) electrons. The normalized spacial score (nSPS) is 10.6. The van der Waals surface area contributed by atoms with Crippen molar-refractivity contribution < 1.29 is 21.7 Å². The fourth-order valence-corrected chi connectivity index (χ4v) is 1.80. The van der Waals surface area contributed by atoms with Gasteiger partial charge in [0.1, 0.15) is 0 Å². The molecule has 3 heteroatoms. The van der Waals surface area contributed by atoms with E-state index in [0.29, 0.717) is 0 Å². The Balaban J connectivity index is -0.000000433. The maximum atomic E-state index is 3.50. The Labute approximate surface area is 213 Å². The summed E-state index contributed by atoms with van der Waals surface area (Å²) in [5.74, 6) is 1.42. The van der Waals surface area contributed by atoms with Gasteiger partial charge in [0, 0.05) is 0 Å². The molecule has 1 aliphatic rings. The van der Waals surface area contributed by atoms with Gasteiger partial charge in [-0.2, -0.15) is 55.0 Å². The largest absolute Gasteiger partial charge is 4.00 e.